The Balaban J connectivity index is 2.24. The van der Waals surface area contributed by atoms with Crippen LogP contribution in [0.15, 0.2) is 6.20 Å². The second-order valence-electron chi connectivity index (χ2n) is 3.51. The van der Waals surface area contributed by atoms with Gasteiger partial charge >= 0.3 is 0 Å². The summed E-state index contributed by atoms with van der Waals surface area (Å²) in [5.41, 5.74) is 2.77. The lowest BCUT2D eigenvalue weighted by atomic mass is 10.2. The van der Waals surface area contributed by atoms with Gasteiger partial charge in [-0.15, -0.1) is 0 Å². The molecule has 1 aromatic heterocycles. The van der Waals surface area contributed by atoms with Gasteiger partial charge in [-0.25, -0.2) is 9.97 Å². The molecule has 1 saturated heterocycles. The molecule has 1 aliphatic rings. The number of nitrogens with one attached hydrogen (secondary N) is 1. The van der Waals surface area contributed by atoms with Crippen molar-refractivity contribution >= 4 is 11.7 Å². The van der Waals surface area contributed by atoms with Gasteiger partial charge in [0.15, 0.2) is 17.9 Å². The lowest BCUT2D eigenvalue weighted by molar-refractivity contribution is -0.121. The Hall–Kier alpha value is -1.85. The van der Waals surface area contributed by atoms with Crippen LogP contribution in [0.5, 0.6) is 5.75 Å². The third-order valence-electron chi connectivity index (χ3n) is 2.39. The Kier molecular flexibility index (Phi) is 3.19. The molecule has 2 heterocycles. The summed E-state index contributed by atoms with van der Waals surface area (Å²) in [5, 5.41) is 1.69. The summed E-state index contributed by atoms with van der Waals surface area (Å²) in [6, 6.07) is 0. The van der Waals surface area contributed by atoms with Crippen molar-refractivity contribution in [2.75, 3.05) is 18.7 Å². The number of nitrogens with zero attached hydrogens (tertiary/aromatic N) is 3. The molecule has 1 fully saturated rings. The van der Waals surface area contributed by atoms with Gasteiger partial charge in [-0.1, -0.05) is 0 Å². The van der Waals surface area contributed by atoms with Crippen molar-refractivity contribution in [2.45, 2.75) is 19.3 Å². The van der Waals surface area contributed by atoms with E-state index in [1.165, 1.54) is 6.20 Å². The fourth-order valence-corrected chi connectivity index (χ4v) is 1.59. The molecule has 0 atom stereocenters. The minimum Gasteiger partial charge on any atom is -0.491 e. The Morgan fingerprint density at radius 2 is 2.44 bits per heavy atom. The van der Waals surface area contributed by atoms with Crippen molar-refractivity contribution in [3.05, 3.63) is 12.5 Å². The van der Waals surface area contributed by atoms with E-state index in [2.05, 4.69) is 21.7 Å². The van der Waals surface area contributed by atoms with Gasteiger partial charge in [-0.05, 0) is 12.8 Å². The zero-order valence-corrected chi connectivity index (χ0v) is 9.06. The third-order valence-corrected chi connectivity index (χ3v) is 2.39. The number of aromatic nitrogens is 2. The predicted molar refractivity (Wildman–Crippen MR) is 56.8 cm³/mol. The molecule has 0 spiro atoms. The van der Waals surface area contributed by atoms with Crippen LogP contribution in [0.2, 0.25) is 0 Å². The lowest BCUT2D eigenvalue weighted by Crippen LogP contribution is -2.41. The Bertz CT molecular complexity index is 383. The second kappa shape index (κ2) is 4.78. The minimum absolute atomic E-state index is 0.00170. The number of amides is 1. The van der Waals surface area contributed by atoms with Crippen LogP contribution in [0.25, 0.3) is 0 Å². The quantitative estimate of drug-likeness (QED) is 0.778. The fourth-order valence-electron chi connectivity index (χ4n) is 1.59. The molecule has 0 unspecified atom stereocenters. The average molecular weight is 221 g/mol. The predicted octanol–water partition coefficient (Wildman–Crippen LogP) is 0.307. The molecule has 0 bridgehead atoms. The number of methoxy groups -OCH3 is 1. The second-order valence-corrected chi connectivity index (χ2v) is 3.51. The molecule has 1 aliphatic heterocycles. The Morgan fingerprint density at radius 1 is 1.56 bits per heavy atom. The number of hydrogen-bond acceptors (Lipinski definition) is 5. The fraction of sp³-hybridized carbons (Fsp3) is 0.500. The van der Waals surface area contributed by atoms with Gasteiger partial charge in [0.1, 0.15) is 0 Å². The van der Waals surface area contributed by atoms with Crippen molar-refractivity contribution in [1.29, 1.82) is 0 Å². The molecule has 85 valence electrons. The van der Waals surface area contributed by atoms with Crippen LogP contribution in [-0.2, 0) is 4.79 Å². The highest BCUT2D eigenvalue weighted by molar-refractivity contribution is 5.78. The Morgan fingerprint density at radius 3 is 3.25 bits per heavy atom. The molecule has 16 heavy (non-hydrogen) atoms. The normalized spacial score (nSPS) is 16.6. The zero-order valence-electron chi connectivity index (χ0n) is 9.06. The number of ether oxygens (including phenoxy) is 1. The summed E-state index contributed by atoms with van der Waals surface area (Å²) >= 11 is 0. The molecule has 6 heteroatoms. The van der Waals surface area contributed by atoms with Gasteiger partial charge in [0.2, 0.25) is 5.91 Å². The number of rotatable bonds is 2. The van der Waals surface area contributed by atoms with E-state index in [0.717, 1.165) is 12.8 Å². The van der Waals surface area contributed by atoms with E-state index < -0.39 is 0 Å². The molecule has 1 N–H and O–H groups in total. The molecule has 1 amide bonds. The monoisotopic (exact) mass is 221 g/mol. The maximum Gasteiger partial charge on any atom is 0.238 e. The highest BCUT2D eigenvalue weighted by Crippen LogP contribution is 2.23. The summed E-state index contributed by atoms with van der Waals surface area (Å²) in [5.74, 6) is 1.08. The van der Waals surface area contributed by atoms with Crippen LogP contribution in [0.4, 0.5) is 5.82 Å². The SMILES string of the molecule is COc1cn[c]nc1N1CCCCC(=O)N1. The number of hydrazine groups is 1. The summed E-state index contributed by atoms with van der Waals surface area (Å²) in [7, 11) is 1.54. The maximum atomic E-state index is 11.4. The van der Waals surface area contributed by atoms with Gasteiger partial charge in [0.25, 0.3) is 0 Å². The number of anilines is 1. The van der Waals surface area contributed by atoms with Crippen LogP contribution in [-0.4, -0.2) is 29.5 Å². The van der Waals surface area contributed by atoms with E-state index >= 15 is 0 Å². The number of carbonyl (C=O) groups is 1. The first-order valence-electron chi connectivity index (χ1n) is 5.15. The van der Waals surface area contributed by atoms with Crippen LogP contribution in [0, 0.1) is 6.33 Å². The summed E-state index contributed by atoms with van der Waals surface area (Å²) in [6.07, 6.45) is 6.40. The van der Waals surface area contributed by atoms with Crippen molar-refractivity contribution in [2.24, 2.45) is 0 Å². The molecule has 0 aliphatic carbocycles. The molecule has 0 aromatic carbocycles. The molecule has 1 radical (unpaired) electrons. The first-order chi connectivity index (χ1) is 7.81. The molecule has 6 nitrogen and oxygen atoms in total. The summed E-state index contributed by atoms with van der Waals surface area (Å²) < 4.78 is 5.14. The van der Waals surface area contributed by atoms with Crippen molar-refractivity contribution < 1.29 is 9.53 Å². The first-order valence-corrected chi connectivity index (χ1v) is 5.15. The van der Waals surface area contributed by atoms with E-state index in [-0.39, 0.29) is 5.91 Å². The topological polar surface area (TPSA) is 67.4 Å². The van der Waals surface area contributed by atoms with Crippen molar-refractivity contribution in [1.82, 2.24) is 15.4 Å². The standard InChI is InChI=1S/C10H13N4O2/c1-16-8-6-11-7-12-10(8)14-5-3-2-4-9(15)13-14/h6H,2-5H2,1H3,(H,13,15). The highest BCUT2D eigenvalue weighted by atomic mass is 16.5. The molecular formula is C10H13N4O2. The lowest BCUT2D eigenvalue weighted by Gasteiger charge is -2.22. The minimum atomic E-state index is -0.00170. The van der Waals surface area contributed by atoms with E-state index in [4.69, 9.17) is 4.74 Å². The smallest absolute Gasteiger partial charge is 0.238 e. The molecule has 1 aromatic rings. The van der Waals surface area contributed by atoms with E-state index in [9.17, 15) is 4.79 Å². The van der Waals surface area contributed by atoms with Crippen molar-refractivity contribution in [3.63, 3.8) is 0 Å². The van der Waals surface area contributed by atoms with Gasteiger partial charge in [-0.2, -0.15) is 0 Å². The van der Waals surface area contributed by atoms with E-state index in [1.807, 2.05) is 0 Å². The van der Waals surface area contributed by atoms with Gasteiger partial charge in [0.05, 0.1) is 13.3 Å². The van der Waals surface area contributed by atoms with E-state index in [1.54, 1.807) is 12.1 Å². The maximum absolute atomic E-state index is 11.4. The van der Waals surface area contributed by atoms with Gasteiger partial charge in [-0.3, -0.25) is 15.2 Å². The Labute approximate surface area is 93.6 Å². The first kappa shape index (κ1) is 10.7. The average Bonchev–Trinajstić information content (AvgIpc) is 2.54. The van der Waals surface area contributed by atoms with Crippen LogP contribution >= 0.6 is 0 Å². The van der Waals surface area contributed by atoms with Gasteiger partial charge in [0, 0.05) is 13.0 Å². The van der Waals surface area contributed by atoms with Gasteiger partial charge < -0.3 is 4.74 Å². The number of carbonyl (C=O) groups excluding carboxylic acids is 1. The molecule has 2 rings (SSSR count). The summed E-state index contributed by atoms with van der Waals surface area (Å²) in [6.45, 7) is 0.715. The van der Waals surface area contributed by atoms with Crippen LogP contribution in [0.3, 0.4) is 0 Å². The highest BCUT2D eigenvalue weighted by Gasteiger charge is 2.18. The zero-order chi connectivity index (χ0) is 11.4. The third kappa shape index (κ3) is 2.21. The van der Waals surface area contributed by atoms with Crippen LogP contribution < -0.4 is 15.2 Å². The van der Waals surface area contributed by atoms with Crippen LogP contribution in [0.1, 0.15) is 19.3 Å². The van der Waals surface area contributed by atoms with Crippen molar-refractivity contribution in [3.8, 4) is 5.75 Å². The largest absolute Gasteiger partial charge is 0.491 e. The molecular weight excluding hydrogens is 208 g/mol. The number of hydrogen-bond donors (Lipinski definition) is 1. The molecule has 0 saturated carbocycles. The summed E-state index contributed by atoms with van der Waals surface area (Å²) in [4.78, 5) is 19.2. The van der Waals surface area contributed by atoms with E-state index in [0.29, 0.717) is 24.5 Å².